The van der Waals surface area contributed by atoms with Gasteiger partial charge in [0.25, 0.3) is 0 Å². The summed E-state index contributed by atoms with van der Waals surface area (Å²) >= 11 is 3.40. The minimum absolute atomic E-state index is 0.254. The average Bonchev–Trinajstić information content (AvgIpc) is 2.88. The molecule has 0 aliphatic carbocycles. The van der Waals surface area contributed by atoms with Crippen molar-refractivity contribution in [3.05, 3.63) is 58.7 Å². The fraction of sp³-hybridized carbons (Fsp3) is 0.0769. The summed E-state index contributed by atoms with van der Waals surface area (Å²) in [6.07, 6.45) is 5.15. The molecule has 1 N–H and O–H groups in total. The third-order valence-electron chi connectivity index (χ3n) is 2.78. The molecular formula is C13H10BrFN4. The van der Waals surface area contributed by atoms with Crippen LogP contribution in [0.1, 0.15) is 5.56 Å². The van der Waals surface area contributed by atoms with Gasteiger partial charge in [-0.3, -0.25) is 0 Å². The molecule has 19 heavy (non-hydrogen) atoms. The van der Waals surface area contributed by atoms with Gasteiger partial charge in [-0.2, -0.15) is 5.10 Å². The lowest BCUT2D eigenvalue weighted by atomic mass is 10.2. The van der Waals surface area contributed by atoms with Gasteiger partial charge in [0, 0.05) is 23.4 Å². The molecule has 0 saturated heterocycles. The van der Waals surface area contributed by atoms with Gasteiger partial charge in [0.1, 0.15) is 11.3 Å². The summed E-state index contributed by atoms with van der Waals surface area (Å²) in [6, 6.07) is 6.48. The SMILES string of the molecule is Fc1ccc(Br)c(CNc2nccn3nccc23)c1. The van der Waals surface area contributed by atoms with Gasteiger partial charge < -0.3 is 5.32 Å². The van der Waals surface area contributed by atoms with Crippen LogP contribution in [-0.2, 0) is 6.54 Å². The third-order valence-corrected chi connectivity index (χ3v) is 3.55. The fourth-order valence-electron chi connectivity index (χ4n) is 1.85. The van der Waals surface area contributed by atoms with Crippen LogP contribution in [0.2, 0.25) is 0 Å². The first-order chi connectivity index (χ1) is 9.24. The molecule has 3 rings (SSSR count). The highest BCUT2D eigenvalue weighted by Crippen LogP contribution is 2.20. The molecule has 2 heterocycles. The highest BCUT2D eigenvalue weighted by molar-refractivity contribution is 9.10. The van der Waals surface area contributed by atoms with Gasteiger partial charge in [0.05, 0.1) is 6.20 Å². The number of hydrogen-bond acceptors (Lipinski definition) is 3. The minimum atomic E-state index is -0.254. The van der Waals surface area contributed by atoms with E-state index in [4.69, 9.17) is 0 Å². The second-order valence-corrected chi connectivity index (χ2v) is 4.88. The molecule has 6 heteroatoms. The number of hydrogen-bond donors (Lipinski definition) is 1. The number of benzene rings is 1. The molecule has 0 fully saturated rings. The quantitative estimate of drug-likeness (QED) is 0.805. The van der Waals surface area contributed by atoms with Crippen molar-refractivity contribution in [3.8, 4) is 0 Å². The summed E-state index contributed by atoms with van der Waals surface area (Å²) in [7, 11) is 0. The first-order valence-corrected chi connectivity index (χ1v) is 6.49. The van der Waals surface area contributed by atoms with Crippen molar-refractivity contribution in [2.75, 3.05) is 5.32 Å². The smallest absolute Gasteiger partial charge is 0.152 e. The summed E-state index contributed by atoms with van der Waals surface area (Å²) in [5, 5.41) is 7.32. The summed E-state index contributed by atoms with van der Waals surface area (Å²) in [5.41, 5.74) is 1.72. The van der Waals surface area contributed by atoms with E-state index >= 15 is 0 Å². The zero-order valence-electron chi connectivity index (χ0n) is 9.85. The number of halogens is 2. The Balaban J connectivity index is 1.86. The molecule has 0 radical (unpaired) electrons. The molecule has 0 bridgehead atoms. The van der Waals surface area contributed by atoms with Gasteiger partial charge in [0.15, 0.2) is 5.82 Å². The molecule has 0 spiro atoms. The normalized spacial score (nSPS) is 10.8. The minimum Gasteiger partial charge on any atom is -0.364 e. The molecule has 4 nitrogen and oxygen atoms in total. The average molecular weight is 321 g/mol. The predicted octanol–water partition coefficient (Wildman–Crippen LogP) is 3.24. The molecule has 3 aromatic rings. The Labute approximate surface area is 117 Å². The Kier molecular flexibility index (Phi) is 3.16. The van der Waals surface area contributed by atoms with Crippen LogP contribution in [0.3, 0.4) is 0 Å². The number of nitrogens with one attached hydrogen (secondary N) is 1. The molecule has 0 aliphatic rings. The largest absolute Gasteiger partial charge is 0.364 e. The summed E-state index contributed by atoms with van der Waals surface area (Å²) in [5.74, 6) is 0.465. The van der Waals surface area contributed by atoms with Crippen LogP contribution in [0, 0.1) is 5.82 Å². The molecule has 2 aromatic heterocycles. The van der Waals surface area contributed by atoms with Crippen molar-refractivity contribution in [2.24, 2.45) is 0 Å². The summed E-state index contributed by atoms with van der Waals surface area (Å²) in [6.45, 7) is 0.482. The number of anilines is 1. The van der Waals surface area contributed by atoms with Crippen molar-refractivity contribution in [3.63, 3.8) is 0 Å². The van der Waals surface area contributed by atoms with Gasteiger partial charge in [-0.25, -0.2) is 13.9 Å². The Hall–Kier alpha value is -1.95. The second kappa shape index (κ2) is 4.97. The lowest BCUT2D eigenvalue weighted by Gasteiger charge is -2.08. The van der Waals surface area contributed by atoms with E-state index in [0.29, 0.717) is 6.54 Å². The van der Waals surface area contributed by atoms with Crippen LogP contribution < -0.4 is 5.32 Å². The molecule has 0 unspecified atom stereocenters. The van der Waals surface area contributed by atoms with E-state index in [1.165, 1.54) is 12.1 Å². The topological polar surface area (TPSA) is 42.2 Å². The number of nitrogens with zero attached hydrogens (tertiary/aromatic N) is 3. The van der Waals surface area contributed by atoms with E-state index in [-0.39, 0.29) is 5.82 Å². The maximum absolute atomic E-state index is 13.2. The van der Waals surface area contributed by atoms with Crippen LogP contribution >= 0.6 is 15.9 Å². The first kappa shape index (κ1) is 12.1. The molecule has 0 atom stereocenters. The molecule has 0 amide bonds. The van der Waals surface area contributed by atoms with Gasteiger partial charge in [-0.1, -0.05) is 15.9 Å². The van der Waals surface area contributed by atoms with Crippen LogP contribution in [-0.4, -0.2) is 14.6 Å². The van der Waals surface area contributed by atoms with E-state index in [9.17, 15) is 4.39 Å². The zero-order chi connectivity index (χ0) is 13.2. The maximum Gasteiger partial charge on any atom is 0.152 e. The molecule has 1 aromatic carbocycles. The van der Waals surface area contributed by atoms with Crippen molar-refractivity contribution in [2.45, 2.75) is 6.54 Å². The van der Waals surface area contributed by atoms with Crippen molar-refractivity contribution < 1.29 is 4.39 Å². The monoisotopic (exact) mass is 320 g/mol. The van der Waals surface area contributed by atoms with E-state index in [0.717, 1.165) is 21.4 Å². The standard InChI is InChI=1S/C13H10BrFN4/c14-11-2-1-10(15)7-9(11)8-17-13-12-3-4-18-19(12)6-5-16-13/h1-7H,8H2,(H,16,17). The summed E-state index contributed by atoms with van der Waals surface area (Å²) < 4.78 is 15.8. The second-order valence-electron chi connectivity index (χ2n) is 4.03. The van der Waals surface area contributed by atoms with E-state index in [2.05, 4.69) is 31.3 Å². The Morgan fingerprint density at radius 3 is 3.05 bits per heavy atom. The number of aromatic nitrogens is 3. The van der Waals surface area contributed by atoms with Gasteiger partial charge in [0.2, 0.25) is 0 Å². The van der Waals surface area contributed by atoms with Crippen molar-refractivity contribution in [1.82, 2.24) is 14.6 Å². The third kappa shape index (κ3) is 2.44. The molecule has 96 valence electrons. The lowest BCUT2D eigenvalue weighted by molar-refractivity contribution is 0.625. The maximum atomic E-state index is 13.2. The number of rotatable bonds is 3. The van der Waals surface area contributed by atoms with Crippen LogP contribution in [0.4, 0.5) is 10.2 Å². The lowest BCUT2D eigenvalue weighted by Crippen LogP contribution is -2.04. The molecule has 0 saturated carbocycles. The summed E-state index contributed by atoms with van der Waals surface area (Å²) in [4.78, 5) is 4.27. The van der Waals surface area contributed by atoms with E-state index in [1.54, 1.807) is 29.2 Å². The molecular weight excluding hydrogens is 311 g/mol. The first-order valence-electron chi connectivity index (χ1n) is 5.70. The van der Waals surface area contributed by atoms with Gasteiger partial charge in [-0.05, 0) is 29.8 Å². The Morgan fingerprint density at radius 1 is 1.26 bits per heavy atom. The zero-order valence-corrected chi connectivity index (χ0v) is 11.4. The van der Waals surface area contributed by atoms with Crippen LogP contribution in [0.25, 0.3) is 5.52 Å². The van der Waals surface area contributed by atoms with Gasteiger partial charge in [-0.15, -0.1) is 0 Å². The predicted molar refractivity (Wildman–Crippen MR) is 74.4 cm³/mol. The van der Waals surface area contributed by atoms with Crippen LogP contribution in [0.15, 0.2) is 47.3 Å². The highest BCUT2D eigenvalue weighted by Gasteiger charge is 2.05. The highest BCUT2D eigenvalue weighted by atomic mass is 79.9. The van der Waals surface area contributed by atoms with Crippen molar-refractivity contribution in [1.29, 1.82) is 0 Å². The van der Waals surface area contributed by atoms with Crippen molar-refractivity contribution >= 4 is 27.3 Å². The Bertz CT molecular complexity index is 725. The van der Waals surface area contributed by atoms with E-state index < -0.39 is 0 Å². The molecule has 0 aliphatic heterocycles. The Morgan fingerprint density at radius 2 is 2.16 bits per heavy atom. The van der Waals surface area contributed by atoms with Crippen LogP contribution in [0.5, 0.6) is 0 Å². The fourth-order valence-corrected chi connectivity index (χ4v) is 2.24. The van der Waals surface area contributed by atoms with Gasteiger partial charge >= 0.3 is 0 Å². The number of fused-ring (bicyclic) bond motifs is 1. The van der Waals surface area contributed by atoms with E-state index in [1.807, 2.05) is 6.07 Å².